The van der Waals surface area contributed by atoms with Crippen LogP contribution in [-0.4, -0.2) is 16.6 Å². The molecule has 0 amide bonds. The number of aromatic nitrogens is 2. The number of ether oxygens (including phenoxy) is 1. The molecule has 1 heterocycles. The molecule has 0 aliphatic heterocycles. The maximum absolute atomic E-state index is 6.15. The highest BCUT2D eigenvalue weighted by Gasteiger charge is 2.12. The molecule has 3 nitrogen and oxygen atoms in total. The lowest BCUT2D eigenvalue weighted by molar-refractivity contribution is 0.290. The highest BCUT2D eigenvalue weighted by molar-refractivity contribution is 6.30. The van der Waals surface area contributed by atoms with Crippen LogP contribution in [0.25, 0.3) is 22.4 Å². The zero-order valence-corrected chi connectivity index (χ0v) is 13.5. The van der Waals surface area contributed by atoms with Crippen molar-refractivity contribution in [3.8, 4) is 17.1 Å². The molecule has 0 atom stereocenters. The minimum absolute atomic E-state index is 0.613. The lowest BCUT2D eigenvalue weighted by Crippen LogP contribution is -2.02. The van der Waals surface area contributed by atoms with Crippen LogP contribution in [0.15, 0.2) is 42.5 Å². The summed E-state index contributed by atoms with van der Waals surface area (Å²) in [4.78, 5) is 7.96. The van der Waals surface area contributed by atoms with Crippen molar-refractivity contribution in [1.29, 1.82) is 0 Å². The number of nitrogens with zero attached hydrogens (tertiary/aromatic N) is 1. The van der Waals surface area contributed by atoms with Gasteiger partial charge in [0.25, 0.3) is 0 Å². The summed E-state index contributed by atoms with van der Waals surface area (Å²) < 4.78 is 5.93. The van der Waals surface area contributed by atoms with Gasteiger partial charge < -0.3 is 9.72 Å². The molecule has 3 aromatic rings. The van der Waals surface area contributed by atoms with Crippen molar-refractivity contribution >= 4 is 22.6 Å². The summed E-state index contributed by atoms with van der Waals surface area (Å²) in [5, 5.41) is 0.673. The lowest BCUT2D eigenvalue weighted by Gasteiger charge is -2.11. The molecular formula is C18H19ClN2O. The molecule has 0 fully saturated rings. The van der Waals surface area contributed by atoms with Crippen LogP contribution in [0.3, 0.4) is 0 Å². The monoisotopic (exact) mass is 314 g/mol. The number of para-hydroxylation sites is 2. The summed E-state index contributed by atoms with van der Waals surface area (Å²) in [5.41, 5.74) is 2.84. The quantitative estimate of drug-likeness (QED) is 0.693. The fraction of sp³-hybridized carbons (Fsp3) is 0.278. The van der Waals surface area contributed by atoms with Gasteiger partial charge >= 0.3 is 0 Å². The maximum atomic E-state index is 6.15. The van der Waals surface area contributed by atoms with Gasteiger partial charge in [0.1, 0.15) is 11.6 Å². The third-order valence-electron chi connectivity index (χ3n) is 3.54. The number of imidazole rings is 1. The molecule has 0 saturated heterocycles. The van der Waals surface area contributed by atoms with Crippen molar-refractivity contribution in [3.63, 3.8) is 0 Å². The van der Waals surface area contributed by atoms with E-state index in [1.807, 2.05) is 42.5 Å². The SMILES string of the molecule is CC(C)CCOc1ccc(Cl)cc1-c1nc2ccccc2[nH]1. The highest BCUT2D eigenvalue weighted by atomic mass is 35.5. The second kappa shape index (κ2) is 6.41. The van der Waals surface area contributed by atoms with Gasteiger partial charge in [0.05, 0.1) is 23.2 Å². The zero-order valence-electron chi connectivity index (χ0n) is 12.8. The Hall–Kier alpha value is -2.00. The van der Waals surface area contributed by atoms with Crippen LogP contribution in [0, 0.1) is 5.92 Å². The third kappa shape index (κ3) is 3.25. The first-order chi connectivity index (χ1) is 10.6. The normalized spacial score (nSPS) is 11.3. The Morgan fingerprint density at radius 3 is 2.77 bits per heavy atom. The van der Waals surface area contributed by atoms with Crippen molar-refractivity contribution < 1.29 is 4.74 Å². The Labute approximate surface area is 135 Å². The topological polar surface area (TPSA) is 37.9 Å². The van der Waals surface area contributed by atoms with Crippen LogP contribution in [0.1, 0.15) is 20.3 Å². The van der Waals surface area contributed by atoms with Crippen LogP contribution < -0.4 is 4.74 Å². The van der Waals surface area contributed by atoms with E-state index >= 15 is 0 Å². The fourth-order valence-corrected chi connectivity index (χ4v) is 2.47. The summed E-state index contributed by atoms with van der Waals surface area (Å²) in [7, 11) is 0. The number of hydrogen-bond acceptors (Lipinski definition) is 2. The molecule has 1 aromatic heterocycles. The van der Waals surface area contributed by atoms with Crippen molar-refractivity contribution in [2.24, 2.45) is 5.92 Å². The largest absolute Gasteiger partial charge is 0.493 e. The molecule has 0 aliphatic rings. The van der Waals surface area contributed by atoms with Gasteiger partial charge in [-0.3, -0.25) is 0 Å². The molecule has 22 heavy (non-hydrogen) atoms. The number of H-pyrrole nitrogens is 1. The summed E-state index contributed by atoms with van der Waals surface area (Å²) in [6.45, 7) is 5.06. The summed E-state index contributed by atoms with van der Waals surface area (Å²) in [5.74, 6) is 2.20. The Kier molecular flexibility index (Phi) is 4.34. The molecule has 2 aromatic carbocycles. The van der Waals surface area contributed by atoms with Crippen LogP contribution in [0.2, 0.25) is 5.02 Å². The first-order valence-electron chi connectivity index (χ1n) is 7.51. The summed E-state index contributed by atoms with van der Waals surface area (Å²) in [6, 6.07) is 13.6. The predicted molar refractivity (Wildman–Crippen MR) is 91.5 cm³/mol. The van der Waals surface area contributed by atoms with Gasteiger partial charge in [0, 0.05) is 5.02 Å². The minimum Gasteiger partial charge on any atom is -0.493 e. The van der Waals surface area contributed by atoms with E-state index < -0.39 is 0 Å². The molecule has 1 N–H and O–H groups in total. The van der Waals surface area contributed by atoms with Crippen molar-refractivity contribution in [1.82, 2.24) is 9.97 Å². The van der Waals surface area contributed by atoms with Crippen molar-refractivity contribution in [2.75, 3.05) is 6.61 Å². The fourth-order valence-electron chi connectivity index (χ4n) is 2.30. The average Bonchev–Trinajstić information content (AvgIpc) is 2.92. The first-order valence-corrected chi connectivity index (χ1v) is 7.89. The smallest absolute Gasteiger partial charge is 0.142 e. The van der Waals surface area contributed by atoms with Crippen LogP contribution >= 0.6 is 11.6 Å². The van der Waals surface area contributed by atoms with E-state index in [1.54, 1.807) is 0 Å². The van der Waals surface area contributed by atoms with Gasteiger partial charge in [-0.15, -0.1) is 0 Å². The van der Waals surface area contributed by atoms with E-state index in [2.05, 4.69) is 23.8 Å². The third-order valence-corrected chi connectivity index (χ3v) is 3.77. The summed E-state index contributed by atoms with van der Waals surface area (Å²) >= 11 is 6.15. The maximum Gasteiger partial charge on any atom is 0.142 e. The predicted octanol–water partition coefficient (Wildman–Crippen LogP) is 5.31. The average molecular weight is 315 g/mol. The van der Waals surface area contributed by atoms with Crippen LogP contribution in [0.5, 0.6) is 5.75 Å². The van der Waals surface area contributed by atoms with Crippen molar-refractivity contribution in [3.05, 3.63) is 47.5 Å². The first kappa shape index (κ1) is 14.9. The van der Waals surface area contributed by atoms with Gasteiger partial charge in [0.15, 0.2) is 0 Å². The van der Waals surface area contributed by atoms with Gasteiger partial charge in [-0.25, -0.2) is 4.98 Å². The number of rotatable bonds is 5. The molecule has 0 saturated carbocycles. The Morgan fingerprint density at radius 2 is 2.00 bits per heavy atom. The molecule has 0 aliphatic carbocycles. The molecule has 114 valence electrons. The number of benzene rings is 2. The van der Waals surface area contributed by atoms with Gasteiger partial charge in [-0.1, -0.05) is 37.6 Å². The molecule has 0 bridgehead atoms. The zero-order chi connectivity index (χ0) is 15.5. The standard InChI is InChI=1S/C18H19ClN2O/c1-12(2)9-10-22-17-8-7-13(19)11-14(17)18-20-15-5-3-4-6-16(15)21-18/h3-8,11-12H,9-10H2,1-2H3,(H,20,21). The van der Waals surface area contributed by atoms with Crippen molar-refractivity contribution in [2.45, 2.75) is 20.3 Å². The van der Waals surface area contributed by atoms with Gasteiger partial charge in [-0.2, -0.15) is 0 Å². The molecule has 0 radical (unpaired) electrons. The van der Waals surface area contributed by atoms with E-state index in [-0.39, 0.29) is 0 Å². The number of nitrogens with one attached hydrogen (secondary N) is 1. The second-order valence-electron chi connectivity index (χ2n) is 5.77. The Bertz CT molecular complexity index is 747. The molecule has 3 rings (SSSR count). The number of fused-ring (bicyclic) bond motifs is 1. The number of halogens is 1. The summed E-state index contributed by atoms with van der Waals surface area (Å²) in [6.07, 6.45) is 1.02. The number of aromatic amines is 1. The van der Waals surface area contributed by atoms with E-state index in [9.17, 15) is 0 Å². The molecule has 4 heteroatoms. The molecule has 0 unspecified atom stereocenters. The van der Waals surface area contributed by atoms with Gasteiger partial charge in [0.2, 0.25) is 0 Å². The van der Waals surface area contributed by atoms with E-state index in [4.69, 9.17) is 16.3 Å². The van der Waals surface area contributed by atoms with Crippen LogP contribution in [-0.2, 0) is 0 Å². The van der Waals surface area contributed by atoms with Crippen LogP contribution in [0.4, 0.5) is 0 Å². The Balaban J connectivity index is 1.95. The Morgan fingerprint density at radius 1 is 1.18 bits per heavy atom. The minimum atomic E-state index is 0.613. The lowest BCUT2D eigenvalue weighted by atomic mass is 10.1. The second-order valence-corrected chi connectivity index (χ2v) is 6.21. The van der Waals surface area contributed by atoms with E-state index in [0.29, 0.717) is 17.5 Å². The van der Waals surface area contributed by atoms with E-state index in [0.717, 1.165) is 34.6 Å². The molecular weight excluding hydrogens is 296 g/mol. The molecule has 0 spiro atoms. The highest BCUT2D eigenvalue weighted by Crippen LogP contribution is 2.32. The number of hydrogen-bond donors (Lipinski definition) is 1. The van der Waals surface area contributed by atoms with Gasteiger partial charge in [-0.05, 0) is 42.7 Å². The van der Waals surface area contributed by atoms with E-state index in [1.165, 1.54) is 0 Å².